The Morgan fingerprint density at radius 1 is 1.12 bits per heavy atom. The molecule has 10 nitrogen and oxygen atoms in total. The second-order valence-electron chi connectivity index (χ2n) is 7.62. The van der Waals surface area contributed by atoms with Crippen LogP contribution in [0.3, 0.4) is 0 Å². The van der Waals surface area contributed by atoms with E-state index in [4.69, 9.17) is 5.11 Å². The van der Waals surface area contributed by atoms with Crippen LogP contribution < -0.4 is 4.90 Å². The van der Waals surface area contributed by atoms with Gasteiger partial charge in [-0.05, 0) is 36.3 Å². The first-order valence-electron chi connectivity index (χ1n) is 10.1. The molecule has 1 fully saturated rings. The highest BCUT2D eigenvalue weighted by Gasteiger charge is 2.37. The van der Waals surface area contributed by atoms with Crippen molar-refractivity contribution in [2.24, 2.45) is 5.92 Å². The molecule has 0 radical (unpaired) electrons. The summed E-state index contributed by atoms with van der Waals surface area (Å²) in [6.45, 7) is 0.193. The predicted molar refractivity (Wildman–Crippen MR) is 107 cm³/mol. The lowest BCUT2D eigenvalue weighted by atomic mass is 9.87. The Morgan fingerprint density at radius 3 is 2.41 bits per heavy atom. The molecule has 14 heteroatoms. The number of carbonyl (C=O) groups excluding carboxylic acids is 1. The number of aromatic nitrogens is 6. The molecular weight excluding hydrogens is 462 g/mol. The second kappa shape index (κ2) is 9.11. The summed E-state index contributed by atoms with van der Waals surface area (Å²) in [6.07, 6.45) is -1.39. The molecule has 1 aliphatic heterocycles. The number of ketones is 1. The highest BCUT2D eigenvalue weighted by molar-refractivity contribution is 5.99. The summed E-state index contributed by atoms with van der Waals surface area (Å²) >= 11 is 0. The van der Waals surface area contributed by atoms with Gasteiger partial charge in [-0.2, -0.15) is 18.0 Å². The normalized spacial score (nSPS) is 14.9. The van der Waals surface area contributed by atoms with E-state index in [-0.39, 0.29) is 18.7 Å². The SMILES string of the molecule is O=C(O)Cn1nnc(-c2cnc(N3CCC(C(=O)c4cc(F)ccc4C(F)(F)F)CC3)nc2)n1. The number of carbonyl (C=O) groups is 2. The highest BCUT2D eigenvalue weighted by Crippen LogP contribution is 2.35. The van der Waals surface area contributed by atoms with Crippen molar-refractivity contribution in [1.29, 1.82) is 0 Å². The molecule has 1 aliphatic rings. The van der Waals surface area contributed by atoms with Crippen LogP contribution in [0.5, 0.6) is 0 Å². The molecule has 0 atom stereocenters. The Kier molecular flexibility index (Phi) is 6.22. The number of anilines is 1. The summed E-state index contributed by atoms with van der Waals surface area (Å²) in [4.78, 5) is 34.6. The van der Waals surface area contributed by atoms with Gasteiger partial charge in [0.05, 0.1) is 11.1 Å². The van der Waals surface area contributed by atoms with Crippen LogP contribution in [0.25, 0.3) is 11.4 Å². The number of halogens is 4. The van der Waals surface area contributed by atoms with Crippen molar-refractivity contribution in [2.45, 2.75) is 25.6 Å². The maximum absolute atomic E-state index is 13.6. The molecule has 0 bridgehead atoms. The molecule has 1 N–H and O–H groups in total. The zero-order chi connectivity index (χ0) is 24.5. The Hall–Kier alpha value is -3.97. The van der Waals surface area contributed by atoms with E-state index in [2.05, 4.69) is 25.4 Å². The third-order valence-corrected chi connectivity index (χ3v) is 5.33. The van der Waals surface area contributed by atoms with Gasteiger partial charge < -0.3 is 10.0 Å². The maximum Gasteiger partial charge on any atom is 0.417 e. The monoisotopic (exact) mass is 479 g/mol. The van der Waals surface area contributed by atoms with Crippen molar-refractivity contribution in [2.75, 3.05) is 18.0 Å². The van der Waals surface area contributed by atoms with Gasteiger partial charge in [0.15, 0.2) is 12.3 Å². The van der Waals surface area contributed by atoms with E-state index in [9.17, 15) is 27.2 Å². The van der Waals surface area contributed by atoms with Crippen LogP contribution in [0.2, 0.25) is 0 Å². The smallest absolute Gasteiger partial charge is 0.417 e. The Morgan fingerprint density at radius 2 is 1.79 bits per heavy atom. The Labute approximate surface area is 189 Å². The first-order chi connectivity index (χ1) is 16.1. The number of hydrogen-bond donors (Lipinski definition) is 1. The molecule has 0 aliphatic carbocycles. The minimum Gasteiger partial charge on any atom is -0.480 e. The minimum absolute atomic E-state index is 0.146. The summed E-state index contributed by atoms with van der Waals surface area (Å²) in [6, 6.07) is 1.91. The van der Waals surface area contributed by atoms with Gasteiger partial charge >= 0.3 is 12.1 Å². The third-order valence-electron chi connectivity index (χ3n) is 5.33. The van der Waals surface area contributed by atoms with Crippen LogP contribution in [0.4, 0.5) is 23.5 Å². The van der Waals surface area contributed by atoms with E-state index >= 15 is 0 Å². The lowest BCUT2D eigenvalue weighted by Crippen LogP contribution is -2.37. The number of rotatable bonds is 6. The number of piperidine rings is 1. The fraction of sp³-hybridized carbons (Fsp3) is 0.350. The summed E-state index contributed by atoms with van der Waals surface area (Å²) in [5.41, 5.74) is -1.39. The van der Waals surface area contributed by atoms with Gasteiger partial charge in [0.1, 0.15) is 5.82 Å². The average Bonchev–Trinajstić information content (AvgIpc) is 3.26. The topological polar surface area (TPSA) is 127 Å². The van der Waals surface area contributed by atoms with Crippen LogP contribution in [0, 0.1) is 11.7 Å². The molecule has 178 valence electrons. The number of hydrogen-bond acceptors (Lipinski definition) is 8. The number of benzene rings is 1. The highest BCUT2D eigenvalue weighted by atomic mass is 19.4. The largest absolute Gasteiger partial charge is 0.480 e. The molecule has 0 amide bonds. The van der Waals surface area contributed by atoms with Crippen molar-refractivity contribution < 1.29 is 32.3 Å². The van der Waals surface area contributed by atoms with Crippen LogP contribution in [0.15, 0.2) is 30.6 Å². The predicted octanol–water partition coefficient (Wildman–Crippen LogP) is 2.47. The minimum atomic E-state index is -4.76. The number of alkyl halides is 3. The molecule has 0 unspecified atom stereocenters. The first kappa shape index (κ1) is 23.2. The summed E-state index contributed by atoms with van der Waals surface area (Å²) in [5.74, 6) is -2.96. The van der Waals surface area contributed by atoms with Crippen molar-refractivity contribution in [3.8, 4) is 11.4 Å². The lowest BCUT2D eigenvalue weighted by molar-refractivity contribution is -0.139. The summed E-state index contributed by atoms with van der Waals surface area (Å²) < 4.78 is 53.4. The van der Waals surface area contributed by atoms with Gasteiger partial charge in [-0.25, -0.2) is 14.4 Å². The second-order valence-corrected chi connectivity index (χ2v) is 7.62. The van der Waals surface area contributed by atoms with Gasteiger partial charge in [0, 0.05) is 37.0 Å². The zero-order valence-corrected chi connectivity index (χ0v) is 17.4. The van der Waals surface area contributed by atoms with Crippen LogP contribution in [0.1, 0.15) is 28.8 Å². The fourth-order valence-corrected chi connectivity index (χ4v) is 3.68. The number of aliphatic carboxylic acids is 1. The number of carboxylic acid groups (broad SMARTS) is 1. The number of nitrogens with zero attached hydrogens (tertiary/aromatic N) is 7. The van der Waals surface area contributed by atoms with Crippen molar-refractivity contribution in [3.05, 3.63) is 47.5 Å². The van der Waals surface area contributed by atoms with Crippen LogP contribution in [-0.2, 0) is 17.5 Å². The van der Waals surface area contributed by atoms with E-state index in [1.807, 2.05) is 0 Å². The average molecular weight is 479 g/mol. The molecule has 0 saturated carbocycles. The number of Topliss-reactive ketones (excluding diaryl/α,β-unsaturated/α-hetero) is 1. The van der Waals surface area contributed by atoms with E-state index in [1.165, 1.54) is 12.4 Å². The van der Waals surface area contributed by atoms with Crippen molar-refractivity contribution in [3.63, 3.8) is 0 Å². The van der Waals surface area contributed by atoms with Gasteiger partial charge in [-0.1, -0.05) is 0 Å². The first-order valence-corrected chi connectivity index (χ1v) is 10.1. The third kappa shape index (κ3) is 5.00. The van der Waals surface area contributed by atoms with E-state index in [0.717, 1.165) is 4.80 Å². The van der Waals surface area contributed by atoms with Gasteiger partial charge in [-0.3, -0.25) is 9.59 Å². The summed E-state index contributed by atoms with van der Waals surface area (Å²) in [7, 11) is 0. The van der Waals surface area contributed by atoms with Gasteiger partial charge in [-0.15, -0.1) is 10.2 Å². The molecule has 3 aromatic rings. The maximum atomic E-state index is 13.6. The van der Waals surface area contributed by atoms with Crippen molar-refractivity contribution >= 4 is 17.7 Å². The molecule has 4 rings (SSSR count). The zero-order valence-electron chi connectivity index (χ0n) is 17.4. The van der Waals surface area contributed by atoms with Crippen molar-refractivity contribution in [1.82, 2.24) is 30.2 Å². The van der Waals surface area contributed by atoms with Crippen LogP contribution >= 0.6 is 0 Å². The standard InChI is InChI=1S/C20H17F4N7O3/c21-13-1-2-15(20(22,23)24)14(7-13)17(34)11-3-5-30(6-4-11)19-25-8-12(9-26-19)18-27-29-31(28-18)10-16(32)33/h1-2,7-9,11H,3-6,10H2,(H,32,33). The Bertz CT molecular complexity index is 1210. The Balaban J connectivity index is 1.41. The number of tetrazole rings is 1. The molecule has 1 saturated heterocycles. The molecule has 3 heterocycles. The summed E-state index contributed by atoms with van der Waals surface area (Å²) in [5, 5.41) is 20.1. The van der Waals surface area contributed by atoms with E-state index < -0.39 is 47.3 Å². The molecule has 0 spiro atoms. The quantitative estimate of drug-likeness (QED) is 0.419. The molecule has 2 aromatic heterocycles. The lowest BCUT2D eigenvalue weighted by Gasteiger charge is -2.31. The van der Waals surface area contributed by atoms with E-state index in [1.54, 1.807) is 4.90 Å². The van der Waals surface area contributed by atoms with Crippen LogP contribution in [-0.4, -0.2) is 60.1 Å². The van der Waals surface area contributed by atoms with Gasteiger partial charge in [0.25, 0.3) is 0 Å². The fourth-order valence-electron chi connectivity index (χ4n) is 3.68. The molecule has 34 heavy (non-hydrogen) atoms. The molecule has 1 aromatic carbocycles. The number of carboxylic acids is 1. The van der Waals surface area contributed by atoms with E-state index in [0.29, 0.717) is 42.8 Å². The molecular formula is C20H17F4N7O3. The van der Waals surface area contributed by atoms with Gasteiger partial charge in [0.2, 0.25) is 11.8 Å².